The maximum Gasteiger partial charge on any atom is 0.306 e. The number of carbonyl (C=O) groups is 2. The van der Waals surface area contributed by atoms with Gasteiger partial charge in [0.2, 0.25) is 0 Å². The molecule has 0 saturated heterocycles. The summed E-state index contributed by atoms with van der Waals surface area (Å²) in [6.07, 6.45) is -0.687. The van der Waals surface area contributed by atoms with Crippen LogP contribution in [0.25, 0.3) is 0 Å². The average Bonchev–Trinajstić information content (AvgIpc) is 2.72. The maximum absolute atomic E-state index is 11.6. The quantitative estimate of drug-likeness (QED) is 0.335. The number of nitrogens with one attached hydrogen (secondary N) is 1. The second-order valence-corrected chi connectivity index (χ2v) is 7.39. The van der Waals surface area contributed by atoms with Crippen molar-refractivity contribution in [2.75, 3.05) is 30.0 Å². The normalized spacial score (nSPS) is 11.5. The molecular formula is C21H25NO6S. The Kier molecular flexibility index (Phi) is 9.88. The Labute approximate surface area is 174 Å². The molecule has 2 rings (SSSR count). The van der Waals surface area contributed by atoms with Crippen LogP contribution in [0, 0.1) is 0 Å². The highest BCUT2D eigenvalue weighted by molar-refractivity contribution is 7.99. The van der Waals surface area contributed by atoms with Gasteiger partial charge in [0.1, 0.15) is 25.1 Å². The molecule has 0 heterocycles. The van der Waals surface area contributed by atoms with E-state index in [2.05, 4.69) is 5.32 Å². The Morgan fingerprint density at radius 1 is 0.931 bits per heavy atom. The van der Waals surface area contributed by atoms with E-state index in [4.69, 9.17) is 14.6 Å². The van der Waals surface area contributed by atoms with Gasteiger partial charge in [-0.3, -0.25) is 9.59 Å². The molecule has 0 aliphatic heterocycles. The number of thioether (sulfide) groups is 1. The van der Waals surface area contributed by atoms with E-state index in [9.17, 15) is 14.7 Å². The van der Waals surface area contributed by atoms with Gasteiger partial charge in [0.15, 0.2) is 0 Å². The number of para-hydroxylation sites is 1. The van der Waals surface area contributed by atoms with Crippen LogP contribution in [0.5, 0.6) is 5.75 Å². The topological polar surface area (TPSA) is 105 Å². The Balaban J connectivity index is 1.60. The number of carboxylic acids is 1. The van der Waals surface area contributed by atoms with Crippen molar-refractivity contribution in [3.05, 3.63) is 54.6 Å². The van der Waals surface area contributed by atoms with Gasteiger partial charge in [0, 0.05) is 22.9 Å². The standard InChI is InChI=1S/C21H25NO6S/c23-18(15-28-21(26)11-13-29-12-10-20(24)25)14-27-19-8-6-17(7-9-19)22-16-4-2-1-3-5-16/h1-9,18,22-23H,10-15H2,(H,24,25). The van der Waals surface area contributed by atoms with E-state index in [1.54, 1.807) is 12.1 Å². The number of rotatable bonds is 13. The summed E-state index contributed by atoms with van der Waals surface area (Å²) >= 11 is 1.38. The van der Waals surface area contributed by atoms with Gasteiger partial charge in [-0.25, -0.2) is 0 Å². The predicted molar refractivity (Wildman–Crippen MR) is 113 cm³/mol. The highest BCUT2D eigenvalue weighted by atomic mass is 32.2. The van der Waals surface area contributed by atoms with E-state index in [1.807, 2.05) is 42.5 Å². The van der Waals surface area contributed by atoms with E-state index >= 15 is 0 Å². The second-order valence-electron chi connectivity index (χ2n) is 6.17. The molecule has 0 aromatic heterocycles. The smallest absolute Gasteiger partial charge is 0.306 e. The molecule has 1 unspecified atom stereocenters. The van der Waals surface area contributed by atoms with Crippen LogP contribution in [0.15, 0.2) is 54.6 Å². The Bertz CT molecular complexity index is 754. The number of aliphatic carboxylic acids is 1. The first kappa shape index (κ1) is 22.6. The Hall–Kier alpha value is -2.71. The summed E-state index contributed by atoms with van der Waals surface area (Å²) in [5.74, 6) is 0.262. The van der Waals surface area contributed by atoms with E-state index in [1.165, 1.54) is 11.8 Å². The Morgan fingerprint density at radius 2 is 1.59 bits per heavy atom. The van der Waals surface area contributed by atoms with Crippen molar-refractivity contribution in [3.63, 3.8) is 0 Å². The number of hydrogen-bond acceptors (Lipinski definition) is 7. The molecule has 3 N–H and O–H groups in total. The number of ether oxygens (including phenoxy) is 2. The molecule has 0 bridgehead atoms. The lowest BCUT2D eigenvalue weighted by Crippen LogP contribution is -2.25. The van der Waals surface area contributed by atoms with Crippen molar-refractivity contribution in [3.8, 4) is 5.75 Å². The molecule has 2 aromatic rings. The number of carbonyl (C=O) groups excluding carboxylic acids is 1. The molecule has 0 amide bonds. The number of benzene rings is 2. The zero-order chi connectivity index (χ0) is 20.9. The van der Waals surface area contributed by atoms with Gasteiger partial charge in [0.25, 0.3) is 0 Å². The maximum atomic E-state index is 11.6. The van der Waals surface area contributed by atoms with Crippen molar-refractivity contribution in [2.24, 2.45) is 0 Å². The average molecular weight is 419 g/mol. The van der Waals surface area contributed by atoms with Gasteiger partial charge < -0.3 is 25.0 Å². The SMILES string of the molecule is O=C(O)CCSCCC(=O)OCC(O)COc1ccc(Nc2ccccc2)cc1. The third-order valence-electron chi connectivity index (χ3n) is 3.71. The van der Waals surface area contributed by atoms with Crippen molar-refractivity contribution < 1.29 is 29.3 Å². The summed E-state index contributed by atoms with van der Waals surface area (Å²) in [5, 5.41) is 21.7. The fourth-order valence-corrected chi connectivity index (χ4v) is 3.08. The minimum atomic E-state index is -0.930. The molecular weight excluding hydrogens is 394 g/mol. The molecule has 0 fully saturated rings. The fraction of sp³-hybridized carbons (Fsp3) is 0.333. The van der Waals surface area contributed by atoms with E-state index in [0.717, 1.165) is 11.4 Å². The number of aliphatic hydroxyl groups excluding tert-OH is 1. The van der Waals surface area contributed by atoms with E-state index < -0.39 is 18.0 Å². The number of carboxylic acid groups (broad SMARTS) is 1. The van der Waals surface area contributed by atoms with Crippen LogP contribution in [0.2, 0.25) is 0 Å². The van der Waals surface area contributed by atoms with E-state index in [-0.39, 0.29) is 26.1 Å². The van der Waals surface area contributed by atoms with Crippen molar-refractivity contribution in [2.45, 2.75) is 18.9 Å². The summed E-state index contributed by atoms with van der Waals surface area (Å²) in [4.78, 5) is 22.0. The minimum Gasteiger partial charge on any atom is -0.491 e. The second kappa shape index (κ2) is 12.7. The van der Waals surface area contributed by atoms with E-state index in [0.29, 0.717) is 17.3 Å². The predicted octanol–water partition coefficient (Wildman–Crippen LogP) is 3.31. The first-order valence-electron chi connectivity index (χ1n) is 9.21. The number of aliphatic hydroxyl groups is 1. The van der Waals surface area contributed by atoms with Crippen LogP contribution in [0.4, 0.5) is 11.4 Å². The number of anilines is 2. The summed E-state index contributed by atoms with van der Waals surface area (Å²) < 4.78 is 10.5. The zero-order valence-corrected chi connectivity index (χ0v) is 16.8. The van der Waals surface area contributed by atoms with Gasteiger partial charge in [-0.15, -0.1) is 0 Å². The molecule has 8 heteroatoms. The molecule has 156 valence electrons. The molecule has 2 aromatic carbocycles. The van der Waals surface area contributed by atoms with Gasteiger partial charge in [-0.05, 0) is 36.4 Å². The lowest BCUT2D eigenvalue weighted by Gasteiger charge is -2.13. The van der Waals surface area contributed by atoms with Crippen LogP contribution in [0.3, 0.4) is 0 Å². The molecule has 0 radical (unpaired) electrons. The molecule has 1 atom stereocenters. The van der Waals surface area contributed by atoms with Gasteiger partial charge in [-0.1, -0.05) is 18.2 Å². The summed E-state index contributed by atoms with van der Waals surface area (Å²) in [6.45, 7) is -0.141. The highest BCUT2D eigenvalue weighted by Gasteiger charge is 2.10. The van der Waals surface area contributed by atoms with Crippen LogP contribution in [-0.2, 0) is 14.3 Å². The molecule has 0 aliphatic rings. The summed E-state index contributed by atoms with van der Waals surface area (Å²) in [5.41, 5.74) is 1.90. The summed E-state index contributed by atoms with van der Waals surface area (Å²) in [6, 6.07) is 17.1. The monoisotopic (exact) mass is 419 g/mol. The fourth-order valence-electron chi connectivity index (χ4n) is 2.24. The van der Waals surface area contributed by atoms with Gasteiger partial charge in [0.05, 0.1) is 12.8 Å². The van der Waals surface area contributed by atoms with Crippen LogP contribution < -0.4 is 10.1 Å². The zero-order valence-electron chi connectivity index (χ0n) is 16.0. The molecule has 0 spiro atoms. The number of esters is 1. The largest absolute Gasteiger partial charge is 0.491 e. The molecule has 0 aliphatic carbocycles. The van der Waals surface area contributed by atoms with Crippen molar-refractivity contribution in [1.29, 1.82) is 0 Å². The van der Waals surface area contributed by atoms with Crippen LogP contribution >= 0.6 is 11.8 Å². The van der Waals surface area contributed by atoms with Crippen molar-refractivity contribution >= 4 is 35.1 Å². The van der Waals surface area contributed by atoms with Crippen molar-refractivity contribution in [1.82, 2.24) is 0 Å². The minimum absolute atomic E-state index is 0.00605. The third kappa shape index (κ3) is 9.87. The lowest BCUT2D eigenvalue weighted by molar-refractivity contribution is -0.146. The first-order valence-corrected chi connectivity index (χ1v) is 10.4. The van der Waals surface area contributed by atoms with Gasteiger partial charge >= 0.3 is 11.9 Å². The lowest BCUT2D eigenvalue weighted by atomic mass is 10.2. The summed E-state index contributed by atoms with van der Waals surface area (Å²) in [7, 11) is 0. The molecule has 0 saturated carbocycles. The van der Waals surface area contributed by atoms with Crippen LogP contribution in [0.1, 0.15) is 12.8 Å². The molecule has 7 nitrogen and oxygen atoms in total. The van der Waals surface area contributed by atoms with Crippen LogP contribution in [-0.4, -0.2) is 53.0 Å². The third-order valence-corrected chi connectivity index (χ3v) is 4.69. The molecule has 29 heavy (non-hydrogen) atoms. The van der Waals surface area contributed by atoms with Gasteiger partial charge in [-0.2, -0.15) is 11.8 Å². The highest BCUT2D eigenvalue weighted by Crippen LogP contribution is 2.20. The first-order chi connectivity index (χ1) is 14.0. The number of hydrogen-bond donors (Lipinski definition) is 3. The Morgan fingerprint density at radius 3 is 2.28 bits per heavy atom.